The van der Waals surface area contributed by atoms with E-state index in [1.165, 1.54) is 6.20 Å². The van der Waals surface area contributed by atoms with E-state index in [4.69, 9.17) is 4.42 Å². The zero-order valence-corrected chi connectivity index (χ0v) is 14.5. The maximum atomic E-state index is 12.3. The van der Waals surface area contributed by atoms with Gasteiger partial charge in [0.05, 0.1) is 5.75 Å². The van der Waals surface area contributed by atoms with Crippen molar-refractivity contribution in [2.24, 2.45) is 0 Å². The Hall–Kier alpha value is -3.07. The second-order valence-corrected chi connectivity index (χ2v) is 7.29. The van der Waals surface area contributed by atoms with E-state index in [-0.39, 0.29) is 30.5 Å². The van der Waals surface area contributed by atoms with Crippen LogP contribution in [0.5, 0.6) is 0 Å². The largest absolute Gasteiger partial charge is 0.412 e. The van der Waals surface area contributed by atoms with Gasteiger partial charge < -0.3 is 9.73 Å². The molecule has 3 rings (SSSR count). The molecule has 9 heteroatoms. The molecule has 2 heterocycles. The van der Waals surface area contributed by atoms with Crippen LogP contribution in [0.3, 0.4) is 0 Å². The number of benzene rings is 1. The number of nitrogens with one attached hydrogen (secondary N) is 1. The van der Waals surface area contributed by atoms with Crippen molar-refractivity contribution >= 4 is 15.7 Å². The number of sulfone groups is 1. The molecule has 3 aromatic rings. The molecule has 0 radical (unpaired) electrons. The summed E-state index contributed by atoms with van der Waals surface area (Å²) in [7, 11) is -3.71. The van der Waals surface area contributed by atoms with Gasteiger partial charge in [-0.1, -0.05) is 41.5 Å². The molecule has 0 saturated carbocycles. The average molecular weight is 372 g/mol. The van der Waals surface area contributed by atoms with E-state index in [0.717, 1.165) is 0 Å². The van der Waals surface area contributed by atoms with E-state index < -0.39 is 15.1 Å². The van der Waals surface area contributed by atoms with Gasteiger partial charge in [-0.15, -0.1) is 5.10 Å². The highest BCUT2D eigenvalue weighted by Gasteiger charge is 2.23. The quantitative estimate of drug-likeness (QED) is 0.667. The van der Waals surface area contributed by atoms with Crippen molar-refractivity contribution in [3.63, 3.8) is 0 Å². The van der Waals surface area contributed by atoms with Gasteiger partial charge in [-0.3, -0.25) is 9.78 Å². The lowest BCUT2D eigenvalue weighted by Crippen LogP contribution is -2.26. The minimum absolute atomic E-state index is 0.137. The Kier molecular flexibility index (Phi) is 5.37. The summed E-state index contributed by atoms with van der Waals surface area (Å²) in [5.41, 5.74) is 0.930. The normalized spacial score (nSPS) is 11.2. The molecular formula is C17H16N4O4S. The van der Waals surface area contributed by atoms with Crippen LogP contribution in [0, 0.1) is 0 Å². The maximum Gasteiger partial charge on any atom is 0.335 e. The molecule has 0 aliphatic heterocycles. The van der Waals surface area contributed by atoms with Gasteiger partial charge >= 0.3 is 5.22 Å². The molecule has 1 aromatic carbocycles. The van der Waals surface area contributed by atoms with Crippen LogP contribution >= 0.6 is 0 Å². The third-order valence-electron chi connectivity index (χ3n) is 3.44. The minimum Gasteiger partial charge on any atom is -0.412 e. The standard InChI is InChI=1S/C17H16N4O4S/c22-16(14-8-4-5-10-18-14)19-11-9-15-20-21-17(25-15)26(23,24)12-13-6-2-1-3-7-13/h1-8,10H,9,11-12H2,(H,19,22). The molecule has 0 saturated heterocycles. The number of carbonyl (C=O) groups excluding carboxylic acids is 1. The highest BCUT2D eigenvalue weighted by atomic mass is 32.2. The van der Waals surface area contributed by atoms with Gasteiger partial charge in [-0.2, -0.15) is 0 Å². The first kappa shape index (κ1) is 17.7. The van der Waals surface area contributed by atoms with Gasteiger partial charge in [0.2, 0.25) is 15.7 Å². The molecule has 0 atom stereocenters. The average Bonchev–Trinajstić information content (AvgIpc) is 3.13. The van der Waals surface area contributed by atoms with Crippen molar-refractivity contribution in [3.05, 3.63) is 71.9 Å². The Morgan fingerprint density at radius 2 is 1.81 bits per heavy atom. The van der Waals surface area contributed by atoms with Gasteiger partial charge in [0.25, 0.3) is 5.91 Å². The molecule has 1 amide bonds. The van der Waals surface area contributed by atoms with Crippen LogP contribution in [0.4, 0.5) is 0 Å². The Bertz CT molecular complexity index is 972. The van der Waals surface area contributed by atoms with Crippen molar-refractivity contribution in [2.75, 3.05) is 6.54 Å². The molecule has 0 fully saturated rings. The summed E-state index contributed by atoms with van der Waals surface area (Å²) in [6.45, 7) is 0.218. The highest BCUT2D eigenvalue weighted by molar-refractivity contribution is 7.90. The second kappa shape index (κ2) is 7.87. The van der Waals surface area contributed by atoms with Gasteiger partial charge in [-0.05, 0) is 17.7 Å². The zero-order valence-electron chi connectivity index (χ0n) is 13.7. The van der Waals surface area contributed by atoms with Crippen molar-refractivity contribution in [3.8, 4) is 0 Å². The number of nitrogens with zero attached hydrogens (tertiary/aromatic N) is 3. The fraction of sp³-hybridized carbons (Fsp3) is 0.176. The molecule has 0 aliphatic rings. The van der Waals surface area contributed by atoms with Gasteiger partial charge in [0, 0.05) is 19.2 Å². The molecule has 0 unspecified atom stereocenters. The first-order valence-electron chi connectivity index (χ1n) is 7.83. The molecule has 0 spiro atoms. The highest BCUT2D eigenvalue weighted by Crippen LogP contribution is 2.15. The maximum absolute atomic E-state index is 12.3. The van der Waals surface area contributed by atoms with Gasteiger partial charge in [0.15, 0.2) is 0 Å². The molecule has 0 aliphatic carbocycles. The van der Waals surface area contributed by atoms with Crippen molar-refractivity contribution in [1.29, 1.82) is 0 Å². The van der Waals surface area contributed by atoms with Crippen LogP contribution in [0.25, 0.3) is 0 Å². The monoisotopic (exact) mass is 372 g/mol. The summed E-state index contributed by atoms with van der Waals surface area (Å²) < 4.78 is 29.8. The SMILES string of the molecule is O=C(NCCc1nnc(S(=O)(=O)Cc2ccccc2)o1)c1ccccn1. The van der Waals surface area contributed by atoms with E-state index in [1.54, 1.807) is 48.5 Å². The zero-order chi connectivity index (χ0) is 18.4. The van der Waals surface area contributed by atoms with Crippen molar-refractivity contribution in [1.82, 2.24) is 20.5 Å². The fourth-order valence-corrected chi connectivity index (χ4v) is 3.33. The molecule has 134 valence electrons. The minimum atomic E-state index is -3.71. The smallest absolute Gasteiger partial charge is 0.335 e. The van der Waals surface area contributed by atoms with Crippen LogP contribution < -0.4 is 5.32 Å². The van der Waals surface area contributed by atoms with Crippen molar-refractivity contribution < 1.29 is 17.6 Å². The summed E-state index contributed by atoms with van der Waals surface area (Å²) in [5, 5.41) is 9.57. The van der Waals surface area contributed by atoms with E-state index >= 15 is 0 Å². The summed E-state index contributed by atoms with van der Waals surface area (Å²) in [5.74, 6) is -0.411. The summed E-state index contributed by atoms with van der Waals surface area (Å²) >= 11 is 0. The Labute approximate surface area is 150 Å². The molecule has 26 heavy (non-hydrogen) atoms. The molecule has 1 N–H and O–H groups in total. The lowest BCUT2D eigenvalue weighted by atomic mass is 10.2. The second-order valence-electron chi connectivity index (χ2n) is 5.43. The van der Waals surface area contributed by atoms with Crippen LogP contribution in [0.2, 0.25) is 0 Å². The third kappa shape index (κ3) is 4.51. The van der Waals surface area contributed by atoms with Gasteiger partial charge in [-0.25, -0.2) is 8.42 Å². The topological polar surface area (TPSA) is 115 Å². The lowest BCUT2D eigenvalue weighted by Gasteiger charge is -2.02. The van der Waals surface area contributed by atoms with Crippen LogP contribution in [0.15, 0.2) is 64.4 Å². The molecule has 2 aromatic heterocycles. The first-order chi connectivity index (χ1) is 12.5. The van der Waals surface area contributed by atoms with E-state index in [1.807, 2.05) is 0 Å². The van der Waals surface area contributed by atoms with Crippen LogP contribution in [-0.4, -0.2) is 36.1 Å². The Balaban J connectivity index is 1.57. The summed E-state index contributed by atoms with van der Waals surface area (Å²) in [6.07, 6.45) is 1.74. The summed E-state index contributed by atoms with van der Waals surface area (Å²) in [6, 6.07) is 13.8. The number of carbonyl (C=O) groups is 1. The number of pyridine rings is 1. The van der Waals surface area contributed by atoms with Gasteiger partial charge in [0.1, 0.15) is 5.69 Å². The molecule has 0 bridgehead atoms. The Morgan fingerprint density at radius 3 is 2.54 bits per heavy atom. The van der Waals surface area contributed by atoms with Crippen LogP contribution in [0.1, 0.15) is 21.9 Å². The predicted octanol–water partition coefficient (Wildman–Crippen LogP) is 1.41. The third-order valence-corrected chi connectivity index (χ3v) is 4.85. The first-order valence-corrected chi connectivity index (χ1v) is 9.48. The number of rotatable bonds is 7. The van der Waals surface area contributed by atoms with E-state index in [9.17, 15) is 13.2 Å². The summed E-state index contributed by atoms with van der Waals surface area (Å²) in [4.78, 5) is 15.8. The number of amides is 1. The number of hydrogen-bond donors (Lipinski definition) is 1. The fourth-order valence-electron chi connectivity index (χ4n) is 2.19. The number of aromatic nitrogens is 3. The van der Waals surface area contributed by atoms with Crippen molar-refractivity contribution in [2.45, 2.75) is 17.4 Å². The predicted molar refractivity (Wildman–Crippen MR) is 91.9 cm³/mol. The lowest BCUT2D eigenvalue weighted by molar-refractivity contribution is 0.0948. The van der Waals surface area contributed by atoms with E-state index in [0.29, 0.717) is 11.3 Å². The Morgan fingerprint density at radius 1 is 1.04 bits per heavy atom. The van der Waals surface area contributed by atoms with Crippen LogP contribution in [-0.2, 0) is 22.0 Å². The van der Waals surface area contributed by atoms with E-state index in [2.05, 4.69) is 20.5 Å². The number of hydrogen-bond acceptors (Lipinski definition) is 7. The molecular weight excluding hydrogens is 356 g/mol. The molecule has 8 nitrogen and oxygen atoms in total.